The van der Waals surface area contributed by atoms with E-state index in [1.165, 1.54) is 18.2 Å². The Morgan fingerprint density at radius 1 is 1.36 bits per heavy atom. The zero-order valence-electron chi connectivity index (χ0n) is 11.1. The van der Waals surface area contributed by atoms with Crippen molar-refractivity contribution in [2.24, 2.45) is 0 Å². The molecular weight excluding hydrogens is 306 g/mol. The molecule has 1 aromatic heterocycles. The van der Waals surface area contributed by atoms with E-state index in [0.29, 0.717) is 0 Å². The highest BCUT2D eigenvalue weighted by molar-refractivity contribution is 5.94. The summed E-state index contributed by atoms with van der Waals surface area (Å²) in [5, 5.41) is 15.4. The van der Waals surface area contributed by atoms with Crippen molar-refractivity contribution in [3.63, 3.8) is 0 Å². The van der Waals surface area contributed by atoms with Gasteiger partial charge in [0.1, 0.15) is 5.82 Å². The van der Waals surface area contributed by atoms with Gasteiger partial charge in [0, 0.05) is 6.54 Å². The standard InChI is InChI=1S/C13H11F4N3O2/c14-8-2-1-3-9(6-8)20-7-10(21)11(19-20)12(22)18-5-4-13(15,16)17/h1-3,6-7,21H,4-5H2,(H,18,22). The summed E-state index contributed by atoms with van der Waals surface area (Å²) < 4.78 is 50.1. The lowest BCUT2D eigenvalue weighted by atomic mass is 10.3. The molecule has 2 aromatic rings. The molecule has 118 valence electrons. The number of aromatic nitrogens is 2. The number of alkyl halides is 3. The lowest BCUT2D eigenvalue weighted by Gasteiger charge is -2.06. The van der Waals surface area contributed by atoms with Crippen molar-refractivity contribution in [2.75, 3.05) is 6.54 Å². The number of aromatic hydroxyl groups is 1. The Labute approximate surface area is 122 Å². The van der Waals surface area contributed by atoms with Crippen LogP contribution in [0.5, 0.6) is 5.75 Å². The SMILES string of the molecule is O=C(NCCC(F)(F)F)c1nn(-c2cccc(F)c2)cc1O. The first-order valence-corrected chi connectivity index (χ1v) is 6.16. The maximum absolute atomic E-state index is 13.1. The predicted molar refractivity (Wildman–Crippen MR) is 68.2 cm³/mol. The Morgan fingerprint density at radius 3 is 2.73 bits per heavy atom. The number of nitrogens with zero attached hydrogens (tertiary/aromatic N) is 2. The van der Waals surface area contributed by atoms with Crippen LogP contribution < -0.4 is 5.32 Å². The van der Waals surface area contributed by atoms with Gasteiger partial charge in [0.2, 0.25) is 0 Å². The number of hydrogen-bond donors (Lipinski definition) is 2. The Kier molecular flexibility index (Phi) is 4.34. The van der Waals surface area contributed by atoms with Crippen LogP contribution in [-0.2, 0) is 0 Å². The maximum Gasteiger partial charge on any atom is 0.390 e. The van der Waals surface area contributed by atoms with Crippen LogP contribution in [-0.4, -0.2) is 33.5 Å². The third kappa shape index (κ3) is 3.96. The molecule has 2 N–H and O–H groups in total. The van der Waals surface area contributed by atoms with Gasteiger partial charge >= 0.3 is 6.18 Å². The first kappa shape index (κ1) is 15.8. The first-order chi connectivity index (χ1) is 10.3. The van der Waals surface area contributed by atoms with Gasteiger partial charge < -0.3 is 10.4 Å². The van der Waals surface area contributed by atoms with Crippen LogP contribution >= 0.6 is 0 Å². The quantitative estimate of drug-likeness (QED) is 0.851. The van der Waals surface area contributed by atoms with Crippen molar-refractivity contribution >= 4 is 5.91 Å². The molecule has 0 aliphatic heterocycles. The number of halogens is 4. The number of amides is 1. The fraction of sp³-hybridized carbons (Fsp3) is 0.231. The van der Waals surface area contributed by atoms with E-state index in [4.69, 9.17) is 0 Å². The molecule has 0 saturated carbocycles. The van der Waals surface area contributed by atoms with Crippen molar-refractivity contribution in [2.45, 2.75) is 12.6 Å². The van der Waals surface area contributed by atoms with Gasteiger partial charge in [-0.2, -0.15) is 18.3 Å². The molecule has 9 heteroatoms. The molecule has 0 aliphatic rings. The maximum atomic E-state index is 13.1. The normalized spacial score (nSPS) is 11.5. The fourth-order valence-electron chi connectivity index (χ4n) is 1.68. The molecule has 0 spiro atoms. The van der Waals surface area contributed by atoms with E-state index in [1.807, 2.05) is 5.32 Å². The molecule has 22 heavy (non-hydrogen) atoms. The molecule has 1 heterocycles. The van der Waals surface area contributed by atoms with E-state index in [2.05, 4.69) is 5.10 Å². The van der Waals surface area contributed by atoms with Crippen LogP contribution in [0.3, 0.4) is 0 Å². The summed E-state index contributed by atoms with van der Waals surface area (Å²) in [6, 6.07) is 5.22. The summed E-state index contributed by atoms with van der Waals surface area (Å²) in [4.78, 5) is 11.7. The van der Waals surface area contributed by atoms with Crippen LogP contribution in [0.1, 0.15) is 16.9 Å². The summed E-state index contributed by atoms with van der Waals surface area (Å²) in [5.74, 6) is -2.01. The second-order valence-corrected chi connectivity index (χ2v) is 4.41. The third-order valence-electron chi connectivity index (χ3n) is 2.68. The number of rotatable bonds is 4. The van der Waals surface area contributed by atoms with E-state index in [-0.39, 0.29) is 5.69 Å². The molecule has 0 bridgehead atoms. The zero-order chi connectivity index (χ0) is 16.3. The largest absolute Gasteiger partial charge is 0.504 e. The van der Waals surface area contributed by atoms with Gasteiger partial charge in [-0.3, -0.25) is 4.79 Å². The third-order valence-corrected chi connectivity index (χ3v) is 2.68. The fourth-order valence-corrected chi connectivity index (χ4v) is 1.68. The van der Waals surface area contributed by atoms with Gasteiger partial charge in [0.05, 0.1) is 18.3 Å². The lowest BCUT2D eigenvalue weighted by Crippen LogP contribution is -2.28. The second kappa shape index (κ2) is 6.04. The molecule has 0 aliphatic carbocycles. The average molecular weight is 317 g/mol. The van der Waals surface area contributed by atoms with Gasteiger partial charge in [0.25, 0.3) is 5.91 Å². The van der Waals surface area contributed by atoms with Gasteiger partial charge in [-0.05, 0) is 18.2 Å². The highest BCUT2D eigenvalue weighted by Crippen LogP contribution is 2.20. The molecule has 1 amide bonds. The molecule has 0 atom stereocenters. The minimum Gasteiger partial charge on any atom is -0.504 e. The van der Waals surface area contributed by atoms with E-state index < -0.39 is 42.3 Å². The summed E-state index contributed by atoms with van der Waals surface area (Å²) in [6.45, 7) is -0.630. The van der Waals surface area contributed by atoms with Gasteiger partial charge in [-0.25, -0.2) is 9.07 Å². The molecule has 1 aromatic carbocycles. The molecule has 0 unspecified atom stereocenters. The Balaban J connectivity index is 2.11. The van der Waals surface area contributed by atoms with Gasteiger partial charge in [0.15, 0.2) is 11.4 Å². The van der Waals surface area contributed by atoms with E-state index >= 15 is 0 Å². The van der Waals surface area contributed by atoms with Crippen molar-refractivity contribution < 1.29 is 27.5 Å². The van der Waals surface area contributed by atoms with Crippen LogP contribution in [0.4, 0.5) is 17.6 Å². The van der Waals surface area contributed by atoms with E-state index in [1.54, 1.807) is 0 Å². The molecule has 0 saturated heterocycles. The molecule has 5 nitrogen and oxygen atoms in total. The smallest absolute Gasteiger partial charge is 0.390 e. The molecule has 2 rings (SSSR count). The highest BCUT2D eigenvalue weighted by Gasteiger charge is 2.27. The number of carbonyl (C=O) groups excluding carboxylic acids is 1. The van der Waals surface area contributed by atoms with Crippen LogP contribution in [0.15, 0.2) is 30.5 Å². The van der Waals surface area contributed by atoms with E-state index in [0.717, 1.165) is 16.9 Å². The number of benzene rings is 1. The lowest BCUT2D eigenvalue weighted by molar-refractivity contribution is -0.132. The highest BCUT2D eigenvalue weighted by atomic mass is 19.4. The van der Waals surface area contributed by atoms with Gasteiger partial charge in [-0.1, -0.05) is 6.07 Å². The number of hydrogen-bond acceptors (Lipinski definition) is 3. The minimum absolute atomic E-state index is 0.254. The minimum atomic E-state index is -4.39. The Bertz CT molecular complexity index is 682. The van der Waals surface area contributed by atoms with E-state index in [9.17, 15) is 27.5 Å². The topological polar surface area (TPSA) is 67.2 Å². The molecule has 0 fully saturated rings. The summed E-state index contributed by atoms with van der Waals surface area (Å²) in [5.41, 5.74) is -0.184. The Hall–Kier alpha value is -2.58. The van der Waals surface area contributed by atoms with Crippen LogP contribution in [0.2, 0.25) is 0 Å². The van der Waals surface area contributed by atoms with Crippen molar-refractivity contribution in [3.8, 4) is 11.4 Å². The first-order valence-electron chi connectivity index (χ1n) is 6.16. The van der Waals surface area contributed by atoms with Crippen molar-refractivity contribution in [1.82, 2.24) is 15.1 Å². The van der Waals surface area contributed by atoms with Crippen molar-refractivity contribution in [1.29, 1.82) is 0 Å². The van der Waals surface area contributed by atoms with Gasteiger partial charge in [-0.15, -0.1) is 0 Å². The monoisotopic (exact) mass is 317 g/mol. The number of nitrogens with one attached hydrogen (secondary N) is 1. The van der Waals surface area contributed by atoms with Crippen LogP contribution in [0.25, 0.3) is 5.69 Å². The zero-order valence-corrected chi connectivity index (χ0v) is 11.1. The predicted octanol–water partition coefficient (Wildman–Crippen LogP) is 2.40. The summed E-state index contributed by atoms with van der Waals surface area (Å²) in [7, 11) is 0. The second-order valence-electron chi connectivity index (χ2n) is 4.41. The van der Waals surface area contributed by atoms with Crippen LogP contribution in [0, 0.1) is 5.82 Å². The number of carbonyl (C=O) groups is 1. The van der Waals surface area contributed by atoms with Crippen molar-refractivity contribution in [3.05, 3.63) is 42.0 Å². The Morgan fingerprint density at radius 2 is 2.09 bits per heavy atom. The molecule has 0 radical (unpaired) electrons. The summed E-state index contributed by atoms with van der Waals surface area (Å²) >= 11 is 0. The average Bonchev–Trinajstić information content (AvgIpc) is 2.79. The molecular formula is C13H11F4N3O2. The summed E-state index contributed by atoms with van der Waals surface area (Å²) in [6.07, 6.45) is -4.52.